The zero-order valence-corrected chi connectivity index (χ0v) is 10.5. The number of nitrogens with one attached hydrogen (secondary N) is 1. The summed E-state index contributed by atoms with van der Waals surface area (Å²) < 4.78 is 4.46. The van der Waals surface area contributed by atoms with Gasteiger partial charge in [-0.05, 0) is 12.5 Å². The summed E-state index contributed by atoms with van der Waals surface area (Å²) in [6.45, 7) is 2.79. The molecule has 104 valence electrons. The first kappa shape index (κ1) is 14.7. The van der Waals surface area contributed by atoms with E-state index in [4.69, 9.17) is 5.11 Å². The number of carboxylic acids is 1. The molecular formula is C11H14N2O6. The Hall–Kier alpha value is -2.38. The Morgan fingerprint density at radius 2 is 2.16 bits per heavy atom. The Labute approximate surface area is 109 Å². The van der Waals surface area contributed by atoms with E-state index in [1.807, 2.05) is 0 Å². The summed E-state index contributed by atoms with van der Waals surface area (Å²) in [5.41, 5.74) is 0.0164. The largest absolute Gasteiger partial charge is 0.477 e. The molecule has 2 amide bonds. The Kier molecular flexibility index (Phi) is 4.62. The quantitative estimate of drug-likeness (QED) is 0.358. The van der Waals surface area contributed by atoms with Gasteiger partial charge in [0.2, 0.25) is 5.91 Å². The molecule has 1 saturated heterocycles. The molecule has 1 atom stereocenters. The number of hydrogen-bond acceptors (Lipinski definition) is 5. The third kappa shape index (κ3) is 3.30. The fourth-order valence-corrected chi connectivity index (χ4v) is 1.74. The maximum absolute atomic E-state index is 11.7. The number of aliphatic carboxylic acids is 1. The van der Waals surface area contributed by atoms with E-state index in [1.54, 1.807) is 0 Å². The van der Waals surface area contributed by atoms with Gasteiger partial charge in [0, 0.05) is 6.92 Å². The Morgan fingerprint density at radius 1 is 1.53 bits per heavy atom. The predicted octanol–water partition coefficient (Wildman–Crippen LogP) is -1.14. The second kappa shape index (κ2) is 5.98. The lowest BCUT2D eigenvalue weighted by Gasteiger charge is -2.39. The van der Waals surface area contributed by atoms with Crippen molar-refractivity contribution in [2.75, 3.05) is 13.2 Å². The van der Waals surface area contributed by atoms with Gasteiger partial charge in [-0.1, -0.05) is 0 Å². The van der Waals surface area contributed by atoms with Gasteiger partial charge >= 0.3 is 5.97 Å². The molecule has 0 saturated carbocycles. The summed E-state index contributed by atoms with van der Waals surface area (Å²) in [4.78, 5) is 44.8. The lowest BCUT2D eigenvalue weighted by molar-refractivity contribution is -0.148. The van der Waals surface area contributed by atoms with Crippen molar-refractivity contribution in [1.29, 1.82) is 0 Å². The summed E-state index contributed by atoms with van der Waals surface area (Å²) in [5.74, 6) is -2.15. The molecule has 1 rings (SSSR count). The van der Waals surface area contributed by atoms with Crippen LogP contribution in [0.4, 0.5) is 0 Å². The molecule has 19 heavy (non-hydrogen) atoms. The molecule has 2 N–H and O–H groups in total. The van der Waals surface area contributed by atoms with Crippen LogP contribution in [0.25, 0.3) is 0 Å². The molecule has 1 aliphatic rings. The summed E-state index contributed by atoms with van der Waals surface area (Å²) >= 11 is 0. The highest BCUT2D eigenvalue weighted by molar-refractivity contribution is 6.00. The van der Waals surface area contributed by atoms with Crippen molar-refractivity contribution in [3.05, 3.63) is 11.3 Å². The van der Waals surface area contributed by atoms with Crippen LogP contribution in [0.1, 0.15) is 13.8 Å². The van der Waals surface area contributed by atoms with Gasteiger partial charge in [0.1, 0.15) is 18.3 Å². The third-order valence-electron chi connectivity index (χ3n) is 2.55. The van der Waals surface area contributed by atoms with Crippen molar-refractivity contribution in [2.24, 2.45) is 0 Å². The van der Waals surface area contributed by atoms with Crippen LogP contribution in [0.15, 0.2) is 11.3 Å². The minimum atomic E-state index is -1.29. The van der Waals surface area contributed by atoms with Crippen LogP contribution < -0.4 is 5.32 Å². The minimum absolute atomic E-state index is 0.0818. The first-order chi connectivity index (χ1) is 8.88. The van der Waals surface area contributed by atoms with Crippen molar-refractivity contribution in [1.82, 2.24) is 10.2 Å². The Bertz CT molecular complexity index is 456. The first-order valence-corrected chi connectivity index (χ1v) is 5.45. The molecule has 0 aliphatic carbocycles. The molecule has 8 heteroatoms. The van der Waals surface area contributed by atoms with Crippen molar-refractivity contribution in [3.8, 4) is 0 Å². The average molecular weight is 270 g/mol. The lowest BCUT2D eigenvalue weighted by atomic mass is 10.0. The molecule has 1 fully saturated rings. The van der Waals surface area contributed by atoms with E-state index in [1.165, 1.54) is 13.8 Å². The number of hydrogen-bond donors (Lipinski definition) is 2. The third-order valence-corrected chi connectivity index (χ3v) is 2.55. The number of rotatable bonds is 6. The second-order valence-corrected chi connectivity index (χ2v) is 4.04. The molecule has 8 nitrogen and oxygen atoms in total. The van der Waals surface area contributed by atoms with Gasteiger partial charge in [-0.3, -0.25) is 14.4 Å². The zero-order chi connectivity index (χ0) is 14.6. The van der Waals surface area contributed by atoms with E-state index >= 15 is 0 Å². The van der Waals surface area contributed by atoms with Gasteiger partial charge in [-0.2, -0.15) is 0 Å². The fourth-order valence-electron chi connectivity index (χ4n) is 1.74. The Balaban J connectivity index is 2.81. The number of amides is 2. The van der Waals surface area contributed by atoms with Crippen molar-refractivity contribution >= 4 is 24.3 Å². The number of carboxylic acid groups (broad SMARTS) is 1. The lowest BCUT2D eigenvalue weighted by Crippen LogP contribution is -2.63. The fraction of sp³-hybridized carbons (Fsp3) is 0.455. The van der Waals surface area contributed by atoms with Crippen molar-refractivity contribution in [2.45, 2.75) is 19.9 Å². The molecule has 1 unspecified atom stereocenters. The highest BCUT2D eigenvalue weighted by Gasteiger charge is 2.41. The summed E-state index contributed by atoms with van der Waals surface area (Å²) in [6.07, 6.45) is 0. The monoisotopic (exact) mass is 270 g/mol. The van der Waals surface area contributed by atoms with Crippen LogP contribution in [0.3, 0.4) is 0 Å². The number of β-lactam (4-membered cyclic amide) rings is 1. The number of ether oxygens (including phenoxy) is 1. The smallest absolute Gasteiger partial charge is 0.352 e. The number of carbonyl (C=O) groups excluding carboxylic acids is 3. The van der Waals surface area contributed by atoms with Gasteiger partial charge < -0.3 is 20.1 Å². The first-order valence-electron chi connectivity index (χ1n) is 5.45. The number of carbonyl (C=O) groups is 4. The SMILES string of the molecule is CC(=O)NC1CN(C(C(=O)O)=C(C)COC=O)C1=O. The van der Waals surface area contributed by atoms with Crippen LogP contribution in [-0.4, -0.2) is 53.5 Å². The molecule has 0 bridgehead atoms. The van der Waals surface area contributed by atoms with E-state index < -0.39 is 17.9 Å². The molecule has 0 radical (unpaired) electrons. The standard InChI is InChI=1S/C11H14N2O6/c1-6(4-19-5-14)9(11(17)18)13-3-8(10(13)16)12-7(2)15/h5,8H,3-4H2,1-2H3,(H,12,15)(H,17,18). The van der Waals surface area contributed by atoms with E-state index in [0.29, 0.717) is 0 Å². The van der Waals surface area contributed by atoms with Gasteiger partial charge in [0.25, 0.3) is 12.4 Å². The van der Waals surface area contributed by atoms with Crippen molar-refractivity contribution < 1.29 is 29.0 Å². The van der Waals surface area contributed by atoms with E-state index in [2.05, 4.69) is 10.1 Å². The van der Waals surface area contributed by atoms with Crippen LogP contribution in [0.5, 0.6) is 0 Å². The summed E-state index contributed by atoms with van der Waals surface area (Å²) in [5, 5.41) is 11.5. The Morgan fingerprint density at radius 3 is 2.58 bits per heavy atom. The second-order valence-electron chi connectivity index (χ2n) is 4.04. The van der Waals surface area contributed by atoms with E-state index in [9.17, 15) is 19.2 Å². The van der Waals surface area contributed by atoms with Crippen molar-refractivity contribution in [3.63, 3.8) is 0 Å². The van der Waals surface area contributed by atoms with Gasteiger partial charge in [-0.25, -0.2) is 4.79 Å². The highest BCUT2D eigenvalue weighted by atomic mass is 16.5. The van der Waals surface area contributed by atoms with E-state index in [0.717, 1.165) is 4.90 Å². The molecule has 1 aliphatic heterocycles. The van der Waals surface area contributed by atoms with E-state index in [-0.39, 0.29) is 36.8 Å². The predicted molar refractivity (Wildman–Crippen MR) is 61.7 cm³/mol. The van der Waals surface area contributed by atoms with Gasteiger partial charge in [0.15, 0.2) is 0 Å². The summed E-state index contributed by atoms with van der Waals surface area (Å²) in [7, 11) is 0. The van der Waals surface area contributed by atoms with Crippen LogP contribution >= 0.6 is 0 Å². The molecule has 0 aromatic carbocycles. The molecule has 0 spiro atoms. The topological polar surface area (TPSA) is 113 Å². The molecule has 1 heterocycles. The van der Waals surface area contributed by atoms with Gasteiger partial charge in [0.05, 0.1) is 6.54 Å². The molecule has 0 aromatic rings. The number of likely N-dealkylation sites (tertiary alicyclic amines) is 1. The van der Waals surface area contributed by atoms with Crippen LogP contribution in [0, 0.1) is 0 Å². The maximum atomic E-state index is 11.7. The van der Waals surface area contributed by atoms with Crippen LogP contribution in [0.2, 0.25) is 0 Å². The molecule has 0 aromatic heterocycles. The zero-order valence-electron chi connectivity index (χ0n) is 10.5. The van der Waals surface area contributed by atoms with Crippen LogP contribution in [-0.2, 0) is 23.9 Å². The summed E-state index contributed by atoms with van der Waals surface area (Å²) in [6, 6.07) is -0.702. The molecular weight excluding hydrogens is 256 g/mol. The minimum Gasteiger partial charge on any atom is -0.477 e. The number of nitrogens with zero attached hydrogens (tertiary/aromatic N) is 1. The maximum Gasteiger partial charge on any atom is 0.352 e. The average Bonchev–Trinajstić information content (AvgIpc) is 2.33. The normalized spacial score (nSPS) is 19.2. The highest BCUT2D eigenvalue weighted by Crippen LogP contribution is 2.20. The van der Waals surface area contributed by atoms with Gasteiger partial charge in [-0.15, -0.1) is 0 Å².